The summed E-state index contributed by atoms with van der Waals surface area (Å²) in [6, 6.07) is 0. The first-order chi connectivity index (χ1) is 4.39. The molecule has 0 fully saturated rings. The van der Waals surface area contributed by atoms with Crippen LogP contribution < -0.4 is 0 Å². The van der Waals surface area contributed by atoms with Gasteiger partial charge < -0.3 is 0 Å². The number of Topliss-reactive ketones (excluding diaryl/α,β-unsaturated/α-hetero) is 1. The molecule has 1 heterocycles. The topological polar surface area (TPSA) is 29.4 Å². The Morgan fingerprint density at radius 2 is 2.22 bits per heavy atom. The maximum Gasteiger partial charge on any atom is 0.177 e. The highest BCUT2D eigenvalue weighted by Crippen LogP contribution is 1.89. The first-order valence-electron chi connectivity index (χ1n) is 3.10. The van der Waals surface area contributed by atoms with Crippen LogP contribution in [0.25, 0.3) is 0 Å². The molecule has 1 aliphatic rings. The third-order valence-corrected chi connectivity index (χ3v) is 0.729. The van der Waals surface area contributed by atoms with Gasteiger partial charge in [-0.25, -0.2) is 0 Å². The maximum absolute atomic E-state index is 10.3. The predicted octanol–water partition coefficient (Wildman–Crippen LogP) is 1.57. The zero-order valence-corrected chi connectivity index (χ0v) is 5.79. The van der Waals surface area contributed by atoms with Crippen molar-refractivity contribution < 1.29 is 4.79 Å². The number of hydrogen-bond donors (Lipinski definition) is 0. The highest BCUT2D eigenvalue weighted by atomic mass is 16.1. The van der Waals surface area contributed by atoms with E-state index in [-0.39, 0.29) is 5.78 Å². The van der Waals surface area contributed by atoms with Gasteiger partial charge in [-0.1, -0.05) is 19.9 Å². The Hall–Kier alpha value is -0.920. The minimum absolute atomic E-state index is 0.0856. The molecule has 9 heavy (non-hydrogen) atoms. The van der Waals surface area contributed by atoms with E-state index in [4.69, 9.17) is 0 Å². The van der Waals surface area contributed by atoms with Crippen molar-refractivity contribution in [2.45, 2.75) is 20.3 Å². The summed E-state index contributed by atoms with van der Waals surface area (Å²) in [7, 11) is 0. The van der Waals surface area contributed by atoms with Crippen molar-refractivity contribution in [3.05, 3.63) is 12.3 Å². The molecule has 0 aromatic rings. The van der Waals surface area contributed by atoms with Crippen LogP contribution in [0, 0.1) is 0 Å². The van der Waals surface area contributed by atoms with E-state index < -0.39 is 0 Å². The Labute approximate surface area is 55.3 Å². The molecule has 0 atom stereocenters. The second kappa shape index (κ2) is 5.22. The monoisotopic (exact) mass is 125 g/mol. The van der Waals surface area contributed by atoms with Crippen molar-refractivity contribution in [2.75, 3.05) is 0 Å². The van der Waals surface area contributed by atoms with E-state index in [2.05, 4.69) is 4.99 Å². The van der Waals surface area contributed by atoms with Crippen molar-refractivity contribution in [1.82, 2.24) is 0 Å². The third-order valence-electron chi connectivity index (χ3n) is 0.729. The molecule has 50 valence electrons. The van der Waals surface area contributed by atoms with Crippen molar-refractivity contribution in [2.24, 2.45) is 4.99 Å². The summed E-state index contributed by atoms with van der Waals surface area (Å²) in [5, 5.41) is 0. The lowest BCUT2D eigenvalue weighted by Crippen LogP contribution is -1.98. The fourth-order valence-corrected chi connectivity index (χ4v) is 0.409. The van der Waals surface area contributed by atoms with E-state index in [1.807, 2.05) is 13.8 Å². The van der Waals surface area contributed by atoms with E-state index in [9.17, 15) is 4.79 Å². The van der Waals surface area contributed by atoms with Crippen LogP contribution in [0.15, 0.2) is 17.3 Å². The number of ketones is 1. The third kappa shape index (κ3) is 3.64. The van der Waals surface area contributed by atoms with Crippen LogP contribution in [0.2, 0.25) is 0 Å². The second-order valence-electron chi connectivity index (χ2n) is 1.33. The van der Waals surface area contributed by atoms with Gasteiger partial charge in [-0.05, 0) is 0 Å². The Balaban J connectivity index is 0.000000291. The molecule has 0 amide bonds. The van der Waals surface area contributed by atoms with Crippen LogP contribution in [0.1, 0.15) is 20.3 Å². The first-order valence-corrected chi connectivity index (χ1v) is 3.10. The van der Waals surface area contributed by atoms with E-state index >= 15 is 0 Å². The molecule has 0 aromatic heterocycles. The van der Waals surface area contributed by atoms with Gasteiger partial charge in [0.1, 0.15) is 0 Å². The second-order valence-corrected chi connectivity index (χ2v) is 1.33. The summed E-state index contributed by atoms with van der Waals surface area (Å²) in [4.78, 5) is 13.9. The number of aliphatic imine (C=N–C) groups is 1. The number of rotatable bonds is 0. The zero-order valence-electron chi connectivity index (χ0n) is 5.79. The molecule has 2 nitrogen and oxygen atoms in total. The van der Waals surface area contributed by atoms with E-state index in [0.717, 1.165) is 0 Å². The van der Waals surface area contributed by atoms with E-state index in [1.54, 1.807) is 12.3 Å². The Morgan fingerprint density at radius 3 is 2.44 bits per heavy atom. The Bertz CT molecular complexity index is 136. The van der Waals surface area contributed by atoms with Crippen molar-refractivity contribution in [1.29, 1.82) is 0 Å². The highest BCUT2D eigenvalue weighted by molar-refractivity contribution is 6.28. The standard InChI is InChI=1S/C5H5NO.C2H6/c7-5-2-1-3-6-4-5;1-2/h1,3-4H,2H2;1-2H3. The van der Waals surface area contributed by atoms with Crippen LogP contribution in [0.4, 0.5) is 0 Å². The number of carbonyl (C=O) groups excluding carboxylic acids is 1. The van der Waals surface area contributed by atoms with Gasteiger partial charge in [0.15, 0.2) is 5.78 Å². The summed E-state index contributed by atoms with van der Waals surface area (Å²) in [6.07, 6.45) is 5.22. The molecule has 1 rings (SSSR count). The van der Waals surface area contributed by atoms with E-state index in [0.29, 0.717) is 6.42 Å². The molecule has 0 radical (unpaired) electrons. The molecule has 0 N–H and O–H groups in total. The molecular weight excluding hydrogens is 114 g/mol. The van der Waals surface area contributed by atoms with Gasteiger partial charge in [-0.3, -0.25) is 9.79 Å². The van der Waals surface area contributed by atoms with E-state index in [1.165, 1.54) is 6.21 Å². The normalized spacial score (nSPS) is 14.7. The minimum atomic E-state index is 0.0856. The smallest absolute Gasteiger partial charge is 0.177 e. The summed E-state index contributed by atoms with van der Waals surface area (Å²) in [6.45, 7) is 4.00. The van der Waals surface area contributed by atoms with Crippen LogP contribution >= 0.6 is 0 Å². The van der Waals surface area contributed by atoms with Gasteiger partial charge in [-0.15, -0.1) is 0 Å². The molecule has 0 saturated carbocycles. The fourth-order valence-electron chi connectivity index (χ4n) is 0.409. The number of allylic oxidation sites excluding steroid dienone is 1. The molecule has 1 aliphatic heterocycles. The SMILES string of the molecule is CC.O=C1C=NC=CC1. The van der Waals surface area contributed by atoms with Crippen LogP contribution in [0.5, 0.6) is 0 Å². The summed E-state index contributed by atoms with van der Waals surface area (Å²) >= 11 is 0. The highest BCUT2D eigenvalue weighted by Gasteiger charge is 1.93. The largest absolute Gasteiger partial charge is 0.293 e. The van der Waals surface area contributed by atoms with Gasteiger partial charge in [-0.2, -0.15) is 0 Å². The average molecular weight is 125 g/mol. The molecule has 0 aromatic carbocycles. The molecule has 2 heteroatoms. The van der Waals surface area contributed by atoms with Crippen molar-refractivity contribution in [3.8, 4) is 0 Å². The lowest BCUT2D eigenvalue weighted by Gasteiger charge is -1.88. The van der Waals surface area contributed by atoms with Gasteiger partial charge >= 0.3 is 0 Å². The number of hydrogen-bond acceptors (Lipinski definition) is 2. The number of carbonyl (C=O) groups is 1. The van der Waals surface area contributed by atoms with Crippen LogP contribution in [-0.4, -0.2) is 12.0 Å². The van der Waals surface area contributed by atoms with Crippen molar-refractivity contribution in [3.63, 3.8) is 0 Å². The molecule has 0 bridgehead atoms. The molecule has 0 unspecified atom stereocenters. The predicted molar refractivity (Wildman–Crippen MR) is 38.6 cm³/mol. The molecule has 0 aliphatic carbocycles. The lowest BCUT2D eigenvalue weighted by molar-refractivity contribution is -0.111. The summed E-state index contributed by atoms with van der Waals surface area (Å²) < 4.78 is 0. The Morgan fingerprint density at radius 1 is 1.56 bits per heavy atom. The van der Waals surface area contributed by atoms with Gasteiger partial charge in [0.2, 0.25) is 0 Å². The average Bonchev–Trinajstić information content (AvgIpc) is 1.94. The Kier molecular flexibility index (Phi) is 4.69. The van der Waals surface area contributed by atoms with Crippen LogP contribution in [0.3, 0.4) is 0 Å². The van der Waals surface area contributed by atoms with Gasteiger partial charge in [0.05, 0.1) is 6.21 Å². The van der Waals surface area contributed by atoms with Gasteiger partial charge in [0, 0.05) is 12.6 Å². The molecular formula is C7H11NO. The summed E-state index contributed by atoms with van der Waals surface area (Å²) in [5.41, 5.74) is 0. The summed E-state index contributed by atoms with van der Waals surface area (Å²) in [5.74, 6) is 0.0856. The molecule has 0 saturated heterocycles. The first kappa shape index (κ1) is 8.08. The van der Waals surface area contributed by atoms with Crippen LogP contribution in [-0.2, 0) is 4.79 Å². The fraction of sp³-hybridized carbons (Fsp3) is 0.429. The lowest BCUT2D eigenvalue weighted by atomic mass is 10.3. The maximum atomic E-state index is 10.3. The van der Waals surface area contributed by atoms with Crippen molar-refractivity contribution >= 4 is 12.0 Å². The number of nitrogens with zero attached hydrogens (tertiary/aromatic N) is 1. The minimum Gasteiger partial charge on any atom is -0.293 e. The quantitative estimate of drug-likeness (QED) is 0.483. The van der Waals surface area contributed by atoms with Gasteiger partial charge in [0.25, 0.3) is 0 Å². The molecule has 0 spiro atoms. The zero-order chi connectivity index (χ0) is 7.11.